The van der Waals surface area contributed by atoms with Gasteiger partial charge in [0.1, 0.15) is 0 Å². The maximum atomic E-state index is 2.55. The average Bonchev–Trinajstić information content (AvgIpc) is 3.79. The van der Waals surface area contributed by atoms with Crippen LogP contribution in [-0.2, 0) is 0 Å². The monoisotopic (exact) mass is 744 g/mol. The van der Waals surface area contributed by atoms with E-state index in [0.29, 0.717) is 0 Å². The van der Waals surface area contributed by atoms with Crippen molar-refractivity contribution in [2.24, 2.45) is 5.92 Å². The molecular weight excluding hydrogens is 705 g/mol. The molecule has 1 heterocycles. The zero-order valence-electron chi connectivity index (χ0n) is 31.5. The van der Waals surface area contributed by atoms with Crippen molar-refractivity contribution in [2.45, 2.75) is 5.92 Å². The van der Waals surface area contributed by atoms with Crippen LogP contribution in [0.4, 0.5) is 0 Å². The van der Waals surface area contributed by atoms with Gasteiger partial charge in [-0.1, -0.05) is 200 Å². The van der Waals surface area contributed by atoms with Gasteiger partial charge in [0.2, 0.25) is 0 Å². The van der Waals surface area contributed by atoms with Crippen LogP contribution in [0.3, 0.4) is 0 Å². The summed E-state index contributed by atoms with van der Waals surface area (Å²) in [5.74, 6) is 0.247. The molecule has 2 aliphatic carbocycles. The molecule has 0 nitrogen and oxygen atoms in total. The third-order valence-electron chi connectivity index (χ3n) is 11.4. The summed E-state index contributed by atoms with van der Waals surface area (Å²) in [6, 6.07) is 70.7. The molecule has 0 spiro atoms. The van der Waals surface area contributed by atoms with Gasteiger partial charge in [0, 0.05) is 21.6 Å². The molecular formula is C56H40S. The van der Waals surface area contributed by atoms with E-state index in [1.165, 1.54) is 87.3 Å². The van der Waals surface area contributed by atoms with Crippen LogP contribution in [0.1, 0.15) is 39.3 Å². The Hall–Kier alpha value is -6.80. The Labute approximate surface area is 339 Å². The van der Waals surface area contributed by atoms with Crippen molar-refractivity contribution in [1.29, 1.82) is 0 Å². The van der Waals surface area contributed by atoms with Crippen LogP contribution in [0.25, 0.3) is 48.4 Å². The lowest BCUT2D eigenvalue weighted by Gasteiger charge is -2.35. The first-order chi connectivity index (χ1) is 28.3. The Kier molecular flexibility index (Phi) is 9.36. The lowest BCUT2D eigenvalue weighted by molar-refractivity contribution is 0.669. The number of allylic oxidation sites excluding steroid dienone is 8. The van der Waals surface area contributed by atoms with Crippen LogP contribution in [0.2, 0.25) is 0 Å². The van der Waals surface area contributed by atoms with Crippen molar-refractivity contribution in [2.75, 3.05) is 0 Å². The fourth-order valence-corrected chi connectivity index (χ4v) is 9.56. The first-order valence-corrected chi connectivity index (χ1v) is 20.6. The normalized spacial score (nSPS) is 15.5. The van der Waals surface area contributed by atoms with E-state index < -0.39 is 0 Å². The molecule has 270 valence electrons. The molecule has 1 heteroatoms. The summed E-state index contributed by atoms with van der Waals surface area (Å²) >= 11 is 1.87. The first-order valence-electron chi connectivity index (χ1n) is 19.7. The summed E-state index contributed by atoms with van der Waals surface area (Å²) in [6.07, 6.45) is 14.2. The molecule has 0 radical (unpaired) electrons. The number of hydrogen-bond donors (Lipinski definition) is 0. The van der Waals surface area contributed by atoms with Crippen molar-refractivity contribution in [1.82, 2.24) is 0 Å². The lowest BCUT2D eigenvalue weighted by Crippen LogP contribution is -2.20. The second-order valence-corrected chi connectivity index (χ2v) is 15.9. The van der Waals surface area contributed by atoms with Crippen LogP contribution >= 0.6 is 11.3 Å². The van der Waals surface area contributed by atoms with Crippen LogP contribution in [-0.4, -0.2) is 0 Å². The van der Waals surface area contributed by atoms with Crippen LogP contribution in [0.15, 0.2) is 236 Å². The molecule has 0 saturated carbocycles. The van der Waals surface area contributed by atoms with Crippen molar-refractivity contribution < 1.29 is 0 Å². The number of benzene rings is 7. The van der Waals surface area contributed by atoms with Gasteiger partial charge in [0.15, 0.2) is 0 Å². The summed E-state index contributed by atoms with van der Waals surface area (Å²) in [5, 5.41) is 2.54. The van der Waals surface area contributed by atoms with Gasteiger partial charge in [-0.15, -0.1) is 11.3 Å². The molecule has 8 aromatic rings. The summed E-state index contributed by atoms with van der Waals surface area (Å²) in [5.41, 5.74) is 15.1. The predicted octanol–water partition coefficient (Wildman–Crippen LogP) is 15.1. The number of hydrogen-bond acceptors (Lipinski definition) is 1. The highest BCUT2D eigenvalue weighted by molar-refractivity contribution is 7.18. The topological polar surface area (TPSA) is 0 Å². The van der Waals surface area contributed by atoms with Gasteiger partial charge in [-0.2, -0.15) is 0 Å². The van der Waals surface area contributed by atoms with E-state index >= 15 is 0 Å². The molecule has 57 heavy (non-hydrogen) atoms. The van der Waals surface area contributed by atoms with Gasteiger partial charge in [-0.05, 0) is 108 Å². The highest BCUT2D eigenvalue weighted by Crippen LogP contribution is 2.50. The van der Waals surface area contributed by atoms with Gasteiger partial charge in [0.25, 0.3) is 0 Å². The zero-order valence-corrected chi connectivity index (χ0v) is 32.3. The fourth-order valence-electron chi connectivity index (χ4n) is 8.56. The number of rotatable bonds is 8. The molecule has 0 fully saturated rings. The van der Waals surface area contributed by atoms with E-state index in [4.69, 9.17) is 0 Å². The Morgan fingerprint density at radius 3 is 1.60 bits per heavy atom. The van der Waals surface area contributed by atoms with E-state index in [0.717, 1.165) is 0 Å². The van der Waals surface area contributed by atoms with E-state index in [1.807, 2.05) is 11.3 Å². The molecule has 7 aromatic carbocycles. The van der Waals surface area contributed by atoms with E-state index in [-0.39, 0.29) is 11.8 Å². The molecule has 0 bridgehead atoms. The smallest absolute Gasteiger partial charge is 0.0349 e. The maximum Gasteiger partial charge on any atom is 0.0349 e. The quantitative estimate of drug-likeness (QED) is 0.145. The van der Waals surface area contributed by atoms with Gasteiger partial charge in [0.05, 0.1) is 0 Å². The highest BCUT2D eigenvalue weighted by Gasteiger charge is 2.33. The average molecular weight is 745 g/mol. The molecule has 0 amide bonds. The third-order valence-corrected chi connectivity index (χ3v) is 12.5. The largest absolute Gasteiger partial charge is 0.135 e. The van der Waals surface area contributed by atoms with Crippen molar-refractivity contribution in [3.05, 3.63) is 270 Å². The van der Waals surface area contributed by atoms with Crippen molar-refractivity contribution in [3.63, 3.8) is 0 Å². The molecule has 0 aliphatic heterocycles. The van der Waals surface area contributed by atoms with Crippen LogP contribution in [0.5, 0.6) is 0 Å². The Morgan fingerprint density at radius 1 is 0.456 bits per heavy atom. The van der Waals surface area contributed by atoms with E-state index in [9.17, 15) is 0 Å². The van der Waals surface area contributed by atoms with Gasteiger partial charge in [-0.3, -0.25) is 0 Å². The summed E-state index contributed by atoms with van der Waals surface area (Å²) in [6.45, 7) is 0. The minimum Gasteiger partial charge on any atom is -0.135 e. The molecule has 2 unspecified atom stereocenters. The molecule has 0 saturated heterocycles. The SMILES string of the molecule is C1=CC2=C(C=C(c3ccccc3)c3ccccc3)c3ccc(-c4ccc(-c5ccc6ccccc6c5)s4)cc3C(C=C(c3ccccc3)c3ccccc3)C2C=C1. The zero-order chi connectivity index (χ0) is 38.0. The number of thiophene rings is 1. The second kappa shape index (κ2) is 15.4. The van der Waals surface area contributed by atoms with Crippen molar-refractivity contribution in [3.8, 4) is 20.9 Å². The van der Waals surface area contributed by atoms with Gasteiger partial charge >= 0.3 is 0 Å². The standard InChI is InChI=1S/C56H40S/c1-5-18-40(19-6-1)50(41-20-7-2-8-21-41)37-53-47-27-15-16-28-48(47)54(38-51(42-22-9-3-10-23-42)43-24-11-4-12-25-43)52-36-46(31-32-49(52)53)56-34-33-55(57-56)45-30-29-39-17-13-14-26-44(39)35-45/h1-38,48,54H. The van der Waals surface area contributed by atoms with Gasteiger partial charge in [-0.25, -0.2) is 0 Å². The molecule has 2 atom stereocenters. The Bertz CT molecular complexity index is 2780. The van der Waals surface area contributed by atoms with E-state index in [2.05, 4.69) is 231 Å². The Balaban J connectivity index is 1.18. The molecule has 2 aliphatic rings. The predicted molar refractivity (Wildman–Crippen MR) is 244 cm³/mol. The molecule has 10 rings (SSSR count). The Morgan fingerprint density at radius 2 is 0.982 bits per heavy atom. The third kappa shape index (κ3) is 6.88. The minimum absolute atomic E-state index is 0.0977. The first kappa shape index (κ1) is 34.7. The van der Waals surface area contributed by atoms with Crippen LogP contribution in [0, 0.1) is 5.92 Å². The summed E-state index contributed by atoms with van der Waals surface area (Å²) < 4.78 is 0. The summed E-state index contributed by atoms with van der Waals surface area (Å²) in [4.78, 5) is 2.55. The lowest BCUT2D eigenvalue weighted by atomic mass is 9.68. The van der Waals surface area contributed by atoms with Crippen molar-refractivity contribution >= 4 is 38.8 Å². The molecule has 0 N–H and O–H groups in total. The van der Waals surface area contributed by atoms with Crippen LogP contribution < -0.4 is 0 Å². The fraction of sp³-hybridized carbons (Fsp3) is 0.0357. The summed E-state index contributed by atoms with van der Waals surface area (Å²) in [7, 11) is 0. The van der Waals surface area contributed by atoms with Gasteiger partial charge < -0.3 is 0 Å². The minimum atomic E-state index is 0.0977. The van der Waals surface area contributed by atoms with E-state index in [1.54, 1.807) is 0 Å². The maximum absolute atomic E-state index is 2.55. The highest BCUT2D eigenvalue weighted by atomic mass is 32.1. The second-order valence-electron chi connectivity index (χ2n) is 14.8. The molecule has 1 aromatic heterocycles. The number of fused-ring (bicyclic) bond motifs is 3.